The summed E-state index contributed by atoms with van der Waals surface area (Å²) in [5.41, 5.74) is 2.42. The van der Waals surface area contributed by atoms with E-state index < -0.39 is 0 Å². The summed E-state index contributed by atoms with van der Waals surface area (Å²) in [6.45, 7) is 4.26. The molecule has 1 aromatic heterocycles. The van der Waals surface area contributed by atoms with Gasteiger partial charge in [-0.05, 0) is 35.7 Å². The van der Waals surface area contributed by atoms with Crippen molar-refractivity contribution >= 4 is 17.7 Å². The van der Waals surface area contributed by atoms with E-state index in [-0.39, 0.29) is 5.91 Å². The average molecular weight is 266 g/mol. The van der Waals surface area contributed by atoms with E-state index in [0.29, 0.717) is 17.2 Å². The number of hydrogen-bond donors (Lipinski definition) is 1. The van der Waals surface area contributed by atoms with E-state index in [9.17, 15) is 4.79 Å². The number of allylic oxidation sites excluding steroid dienone is 1. The molecule has 1 N–H and O–H groups in total. The van der Waals surface area contributed by atoms with Crippen molar-refractivity contribution in [2.75, 3.05) is 5.32 Å². The van der Waals surface area contributed by atoms with Gasteiger partial charge in [0.15, 0.2) is 0 Å². The Kier molecular flexibility index (Phi) is 4.66. The summed E-state index contributed by atoms with van der Waals surface area (Å²) in [4.78, 5) is 16.0. The summed E-state index contributed by atoms with van der Waals surface area (Å²) in [5, 5.41) is 2.81. The van der Waals surface area contributed by atoms with Crippen LogP contribution < -0.4 is 5.32 Å². The van der Waals surface area contributed by atoms with Crippen molar-refractivity contribution in [3.8, 4) is 0 Å². The molecule has 0 aliphatic rings. The molecule has 20 heavy (non-hydrogen) atoms. The molecule has 0 atom stereocenters. The molecule has 0 radical (unpaired) electrons. The van der Waals surface area contributed by atoms with Gasteiger partial charge in [0.25, 0.3) is 5.91 Å². The molecule has 102 valence electrons. The molecule has 0 unspecified atom stereocenters. The summed E-state index contributed by atoms with van der Waals surface area (Å²) in [6.07, 6.45) is 7.49. The molecule has 2 aromatic rings. The third kappa shape index (κ3) is 4.05. The fourth-order valence-corrected chi connectivity index (χ4v) is 1.69. The lowest BCUT2D eigenvalue weighted by atomic mass is 10.1. The molecule has 2 rings (SSSR count). The van der Waals surface area contributed by atoms with Crippen LogP contribution in [-0.2, 0) is 0 Å². The van der Waals surface area contributed by atoms with E-state index >= 15 is 0 Å². The van der Waals surface area contributed by atoms with Crippen LogP contribution in [0.1, 0.15) is 29.8 Å². The Bertz CT molecular complexity index is 586. The van der Waals surface area contributed by atoms with Gasteiger partial charge in [0.1, 0.15) is 0 Å². The normalized spacial score (nSPS) is 10.9. The second kappa shape index (κ2) is 6.66. The Morgan fingerprint density at radius 3 is 2.55 bits per heavy atom. The topological polar surface area (TPSA) is 42.0 Å². The molecule has 3 heteroatoms. The van der Waals surface area contributed by atoms with Gasteiger partial charge >= 0.3 is 0 Å². The van der Waals surface area contributed by atoms with Crippen LogP contribution in [0.15, 0.2) is 54.9 Å². The van der Waals surface area contributed by atoms with E-state index in [2.05, 4.69) is 36.3 Å². The van der Waals surface area contributed by atoms with Crippen LogP contribution in [0.4, 0.5) is 5.69 Å². The molecular weight excluding hydrogens is 248 g/mol. The van der Waals surface area contributed by atoms with Crippen LogP contribution in [0.2, 0.25) is 0 Å². The van der Waals surface area contributed by atoms with Crippen molar-refractivity contribution in [2.45, 2.75) is 13.8 Å². The lowest BCUT2D eigenvalue weighted by Crippen LogP contribution is -2.11. The van der Waals surface area contributed by atoms with E-state index in [1.807, 2.05) is 30.3 Å². The number of nitrogens with one attached hydrogen (secondary N) is 1. The molecule has 0 saturated carbocycles. The third-order valence-electron chi connectivity index (χ3n) is 2.77. The second-order valence-corrected chi connectivity index (χ2v) is 4.92. The molecule has 0 aliphatic heterocycles. The average Bonchev–Trinajstić information content (AvgIpc) is 2.46. The van der Waals surface area contributed by atoms with E-state index in [4.69, 9.17) is 0 Å². The minimum atomic E-state index is -0.127. The maximum absolute atomic E-state index is 12.0. The number of aromatic nitrogens is 1. The number of pyridine rings is 1. The molecule has 3 nitrogen and oxygen atoms in total. The predicted octanol–water partition coefficient (Wildman–Crippen LogP) is 4.00. The zero-order valence-electron chi connectivity index (χ0n) is 11.7. The Balaban J connectivity index is 2.04. The number of rotatable bonds is 4. The molecule has 0 aliphatic carbocycles. The van der Waals surface area contributed by atoms with Crippen LogP contribution in [0.5, 0.6) is 0 Å². The van der Waals surface area contributed by atoms with E-state index in [0.717, 1.165) is 5.56 Å². The Hall–Kier alpha value is -2.42. The molecule has 0 bridgehead atoms. The molecular formula is C17H18N2O. The zero-order chi connectivity index (χ0) is 14.4. The molecule has 0 spiro atoms. The Labute approximate surface area is 119 Å². The Morgan fingerprint density at radius 2 is 1.95 bits per heavy atom. The van der Waals surface area contributed by atoms with Gasteiger partial charge in [-0.1, -0.05) is 38.1 Å². The van der Waals surface area contributed by atoms with E-state index in [1.165, 1.54) is 0 Å². The lowest BCUT2D eigenvalue weighted by molar-refractivity contribution is 0.102. The van der Waals surface area contributed by atoms with Gasteiger partial charge in [0.2, 0.25) is 0 Å². The van der Waals surface area contributed by atoms with Gasteiger partial charge in [0, 0.05) is 11.8 Å². The highest BCUT2D eigenvalue weighted by molar-refractivity contribution is 6.04. The van der Waals surface area contributed by atoms with Crippen LogP contribution in [-0.4, -0.2) is 10.9 Å². The monoisotopic (exact) mass is 266 g/mol. The minimum Gasteiger partial charge on any atom is -0.321 e. The largest absolute Gasteiger partial charge is 0.321 e. The highest BCUT2D eigenvalue weighted by Gasteiger charge is 2.05. The lowest BCUT2D eigenvalue weighted by Gasteiger charge is -2.05. The zero-order valence-corrected chi connectivity index (χ0v) is 11.7. The van der Waals surface area contributed by atoms with Crippen molar-refractivity contribution in [3.63, 3.8) is 0 Å². The number of benzene rings is 1. The van der Waals surface area contributed by atoms with Crippen LogP contribution in [0.3, 0.4) is 0 Å². The minimum absolute atomic E-state index is 0.127. The molecule has 1 amide bonds. The second-order valence-electron chi connectivity index (χ2n) is 4.92. The van der Waals surface area contributed by atoms with Crippen molar-refractivity contribution in [1.29, 1.82) is 0 Å². The Morgan fingerprint density at radius 1 is 1.20 bits per heavy atom. The first kappa shape index (κ1) is 14.0. The molecule has 0 saturated heterocycles. The van der Waals surface area contributed by atoms with Gasteiger partial charge < -0.3 is 5.32 Å². The highest BCUT2D eigenvalue weighted by atomic mass is 16.1. The smallest absolute Gasteiger partial charge is 0.255 e. The van der Waals surface area contributed by atoms with Crippen LogP contribution in [0, 0.1) is 5.92 Å². The van der Waals surface area contributed by atoms with Crippen LogP contribution >= 0.6 is 0 Å². The third-order valence-corrected chi connectivity index (χ3v) is 2.77. The van der Waals surface area contributed by atoms with Crippen LogP contribution in [0.25, 0.3) is 6.08 Å². The summed E-state index contributed by atoms with van der Waals surface area (Å²) < 4.78 is 0. The standard InChI is InChI=1S/C17H18N2O/c1-13(2)5-6-14-7-9-15(10-8-14)17(20)19-16-4-3-11-18-12-16/h3-13H,1-2H3,(H,19,20). The maximum Gasteiger partial charge on any atom is 0.255 e. The quantitative estimate of drug-likeness (QED) is 0.908. The maximum atomic E-state index is 12.0. The molecule has 0 fully saturated rings. The van der Waals surface area contributed by atoms with Crippen molar-refractivity contribution in [1.82, 2.24) is 4.98 Å². The number of nitrogens with zero attached hydrogens (tertiary/aromatic N) is 1. The molecule has 1 aromatic carbocycles. The fraction of sp³-hybridized carbons (Fsp3) is 0.176. The highest BCUT2D eigenvalue weighted by Crippen LogP contribution is 2.10. The summed E-state index contributed by atoms with van der Waals surface area (Å²) >= 11 is 0. The number of anilines is 1. The SMILES string of the molecule is CC(C)C=Cc1ccc(C(=O)Nc2cccnc2)cc1. The van der Waals surface area contributed by atoms with Gasteiger partial charge in [-0.2, -0.15) is 0 Å². The summed E-state index contributed by atoms with van der Waals surface area (Å²) in [6, 6.07) is 11.1. The first-order valence-electron chi connectivity index (χ1n) is 6.65. The first-order chi connectivity index (χ1) is 9.65. The van der Waals surface area contributed by atoms with Crippen molar-refractivity contribution in [2.24, 2.45) is 5.92 Å². The van der Waals surface area contributed by atoms with Gasteiger partial charge in [-0.25, -0.2) is 0 Å². The number of hydrogen-bond acceptors (Lipinski definition) is 2. The van der Waals surface area contributed by atoms with Crippen molar-refractivity contribution in [3.05, 3.63) is 66.0 Å². The first-order valence-corrected chi connectivity index (χ1v) is 6.65. The molecule has 1 heterocycles. The van der Waals surface area contributed by atoms with Gasteiger partial charge in [0.05, 0.1) is 11.9 Å². The number of carbonyl (C=O) groups excluding carboxylic acids is 1. The summed E-state index contributed by atoms with van der Waals surface area (Å²) in [5.74, 6) is 0.390. The fourth-order valence-electron chi connectivity index (χ4n) is 1.69. The summed E-state index contributed by atoms with van der Waals surface area (Å²) in [7, 11) is 0. The van der Waals surface area contributed by atoms with Gasteiger partial charge in [-0.15, -0.1) is 0 Å². The number of carbonyl (C=O) groups is 1. The van der Waals surface area contributed by atoms with Gasteiger partial charge in [-0.3, -0.25) is 9.78 Å². The van der Waals surface area contributed by atoms with Crippen molar-refractivity contribution < 1.29 is 4.79 Å². The number of amides is 1. The van der Waals surface area contributed by atoms with E-state index in [1.54, 1.807) is 18.5 Å². The predicted molar refractivity (Wildman–Crippen MR) is 82.5 cm³/mol.